The van der Waals surface area contributed by atoms with Crippen molar-refractivity contribution in [2.45, 2.75) is 31.8 Å². The Hall–Kier alpha value is -3.15. The van der Waals surface area contributed by atoms with Crippen LogP contribution in [0.3, 0.4) is 0 Å². The predicted octanol–water partition coefficient (Wildman–Crippen LogP) is 2.53. The maximum atomic E-state index is 13.2. The highest BCUT2D eigenvalue weighted by Gasteiger charge is 2.51. The zero-order valence-corrected chi connectivity index (χ0v) is 14.6. The van der Waals surface area contributed by atoms with Gasteiger partial charge in [-0.05, 0) is 29.7 Å². The molecule has 4 amide bonds. The van der Waals surface area contributed by atoms with Gasteiger partial charge in [0.05, 0.1) is 6.54 Å². The Morgan fingerprint density at radius 1 is 1.08 bits per heavy atom. The summed E-state index contributed by atoms with van der Waals surface area (Å²) in [5, 5.41) is 2.90. The van der Waals surface area contributed by atoms with Gasteiger partial charge in [-0.25, -0.2) is 4.79 Å². The van der Waals surface area contributed by atoms with E-state index in [1.165, 1.54) is 4.90 Å². The molecule has 0 aromatic heterocycles. The molecule has 2 aromatic carbocycles. The molecule has 1 unspecified atom stereocenters. The lowest BCUT2D eigenvalue weighted by molar-refractivity contribution is -0.132. The van der Waals surface area contributed by atoms with Gasteiger partial charge in [-0.2, -0.15) is 0 Å². The molecule has 1 aliphatic rings. The molecule has 0 spiro atoms. The van der Waals surface area contributed by atoms with Crippen LogP contribution in [-0.4, -0.2) is 22.7 Å². The Morgan fingerprint density at radius 2 is 1.73 bits per heavy atom. The number of primary amides is 1. The summed E-state index contributed by atoms with van der Waals surface area (Å²) in [6, 6.07) is 15.5. The fourth-order valence-corrected chi connectivity index (χ4v) is 3.33. The van der Waals surface area contributed by atoms with E-state index in [0.717, 1.165) is 17.5 Å². The molecule has 134 valence electrons. The first kappa shape index (κ1) is 17.7. The van der Waals surface area contributed by atoms with Crippen molar-refractivity contribution in [2.24, 2.45) is 5.73 Å². The number of benzene rings is 2. The first-order valence-corrected chi connectivity index (χ1v) is 8.56. The standard InChI is InChI=1S/C20H21N3O3/c1-2-12-20(16-6-4-3-5-7-16)18(25)23(19(26)22-20)13-14-8-10-15(11-9-14)17(21)24/h3-11H,2,12-13H2,1H3,(H2,21,24)(H,22,26). The van der Waals surface area contributed by atoms with Gasteiger partial charge in [0.1, 0.15) is 5.54 Å². The molecule has 3 rings (SSSR count). The number of urea groups is 1. The van der Waals surface area contributed by atoms with Crippen molar-refractivity contribution in [3.8, 4) is 0 Å². The summed E-state index contributed by atoms with van der Waals surface area (Å²) in [6.07, 6.45) is 1.28. The monoisotopic (exact) mass is 351 g/mol. The van der Waals surface area contributed by atoms with E-state index in [9.17, 15) is 14.4 Å². The SMILES string of the molecule is CCCC1(c2ccccc2)NC(=O)N(Cc2ccc(C(N)=O)cc2)C1=O. The molecule has 6 nitrogen and oxygen atoms in total. The average Bonchev–Trinajstić information content (AvgIpc) is 2.88. The van der Waals surface area contributed by atoms with E-state index >= 15 is 0 Å². The van der Waals surface area contributed by atoms with Gasteiger partial charge in [0.15, 0.2) is 0 Å². The third-order valence-electron chi connectivity index (χ3n) is 4.65. The molecule has 0 saturated carbocycles. The lowest BCUT2D eigenvalue weighted by Gasteiger charge is -2.27. The molecule has 1 saturated heterocycles. The summed E-state index contributed by atoms with van der Waals surface area (Å²) in [5.41, 5.74) is 6.13. The molecule has 0 aliphatic carbocycles. The Bertz CT molecular complexity index is 833. The van der Waals surface area contributed by atoms with Crippen molar-refractivity contribution in [1.82, 2.24) is 10.2 Å². The van der Waals surface area contributed by atoms with E-state index < -0.39 is 17.5 Å². The molecule has 0 bridgehead atoms. The minimum atomic E-state index is -1.03. The molecule has 2 aromatic rings. The Labute approximate surface area is 152 Å². The minimum Gasteiger partial charge on any atom is -0.366 e. The fraction of sp³-hybridized carbons (Fsp3) is 0.250. The minimum absolute atomic E-state index is 0.141. The quantitative estimate of drug-likeness (QED) is 0.783. The molecule has 0 radical (unpaired) electrons. The number of amides is 4. The first-order chi connectivity index (χ1) is 12.5. The zero-order chi connectivity index (χ0) is 18.7. The van der Waals surface area contributed by atoms with Crippen LogP contribution in [0.4, 0.5) is 4.79 Å². The predicted molar refractivity (Wildman–Crippen MR) is 97.1 cm³/mol. The first-order valence-electron chi connectivity index (χ1n) is 8.56. The van der Waals surface area contributed by atoms with Gasteiger partial charge in [-0.1, -0.05) is 55.8 Å². The van der Waals surface area contributed by atoms with Gasteiger partial charge < -0.3 is 11.1 Å². The highest BCUT2D eigenvalue weighted by atomic mass is 16.2. The second-order valence-corrected chi connectivity index (χ2v) is 6.40. The third-order valence-corrected chi connectivity index (χ3v) is 4.65. The lowest BCUT2D eigenvalue weighted by Crippen LogP contribution is -2.43. The molecule has 1 heterocycles. The van der Waals surface area contributed by atoms with Crippen molar-refractivity contribution in [2.75, 3.05) is 0 Å². The Kier molecular flexibility index (Phi) is 4.75. The van der Waals surface area contributed by atoms with Crippen LogP contribution in [0, 0.1) is 0 Å². The average molecular weight is 351 g/mol. The number of carbonyl (C=O) groups is 3. The van der Waals surface area contributed by atoms with Crippen molar-refractivity contribution in [3.63, 3.8) is 0 Å². The van der Waals surface area contributed by atoms with E-state index in [1.807, 2.05) is 37.3 Å². The highest BCUT2D eigenvalue weighted by Crippen LogP contribution is 2.34. The number of hydrogen-bond acceptors (Lipinski definition) is 3. The van der Waals surface area contributed by atoms with Crippen LogP contribution in [0.15, 0.2) is 54.6 Å². The topological polar surface area (TPSA) is 92.5 Å². The third kappa shape index (κ3) is 3.06. The Morgan fingerprint density at radius 3 is 2.31 bits per heavy atom. The highest BCUT2D eigenvalue weighted by molar-refractivity contribution is 6.07. The molecular weight excluding hydrogens is 330 g/mol. The van der Waals surface area contributed by atoms with E-state index in [2.05, 4.69) is 5.32 Å². The number of nitrogens with two attached hydrogens (primary N) is 1. The Balaban J connectivity index is 1.89. The smallest absolute Gasteiger partial charge is 0.325 e. The summed E-state index contributed by atoms with van der Waals surface area (Å²) in [7, 11) is 0. The summed E-state index contributed by atoms with van der Waals surface area (Å²) >= 11 is 0. The number of nitrogens with one attached hydrogen (secondary N) is 1. The summed E-state index contributed by atoms with van der Waals surface area (Å²) in [5.74, 6) is -0.771. The number of hydrogen-bond donors (Lipinski definition) is 2. The van der Waals surface area contributed by atoms with Crippen LogP contribution in [-0.2, 0) is 16.9 Å². The van der Waals surface area contributed by atoms with E-state index in [1.54, 1.807) is 24.3 Å². The van der Waals surface area contributed by atoms with Crippen molar-refractivity contribution in [1.29, 1.82) is 0 Å². The second kappa shape index (κ2) is 7.00. The van der Waals surface area contributed by atoms with Crippen LogP contribution < -0.4 is 11.1 Å². The molecule has 1 fully saturated rings. The molecule has 26 heavy (non-hydrogen) atoms. The van der Waals surface area contributed by atoms with Gasteiger partial charge in [0, 0.05) is 5.56 Å². The maximum absolute atomic E-state index is 13.2. The molecule has 1 aliphatic heterocycles. The van der Waals surface area contributed by atoms with Crippen LogP contribution >= 0.6 is 0 Å². The van der Waals surface area contributed by atoms with Crippen LogP contribution in [0.1, 0.15) is 41.3 Å². The maximum Gasteiger partial charge on any atom is 0.325 e. The molecular formula is C20H21N3O3. The lowest BCUT2D eigenvalue weighted by atomic mass is 9.85. The number of imide groups is 1. The van der Waals surface area contributed by atoms with Gasteiger partial charge >= 0.3 is 6.03 Å². The van der Waals surface area contributed by atoms with Crippen LogP contribution in [0.5, 0.6) is 0 Å². The summed E-state index contributed by atoms with van der Waals surface area (Å²) in [4.78, 5) is 38.1. The fourth-order valence-electron chi connectivity index (χ4n) is 3.33. The summed E-state index contributed by atoms with van der Waals surface area (Å²) < 4.78 is 0. The van der Waals surface area contributed by atoms with Crippen LogP contribution in [0.25, 0.3) is 0 Å². The van der Waals surface area contributed by atoms with E-state index in [4.69, 9.17) is 5.73 Å². The van der Waals surface area contributed by atoms with Gasteiger partial charge in [-0.3, -0.25) is 14.5 Å². The van der Waals surface area contributed by atoms with Gasteiger partial charge in [-0.15, -0.1) is 0 Å². The second-order valence-electron chi connectivity index (χ2n) is 6.40. The molecule has 1 atom stereocenters. The number of carbonyl (C=O) groups excluding carboxylic acids is 3. The molecule has 6 heteroatoms. The van der Waals surface area contributed by atoms with E-state index in [-0.39, 0.29) is 12.5 Å². The van der Waals surface area contributed by atoms with Crippen molar-refractivity contribution < 1.29 is 14.4 Å². The van der Waals surface area contributed by atoms with E-state index in [0.29, 0.717) is 12.0 Å². The van der Waals surface area contributed by atoms with Crippen molar-refractivity contribution in [3.05, 3.63) is 71.3 Å². The largest absolute Gasteiger partial charge is 0.366 e. The molecule has 3 N–H and O–H groups in total. The normalized spacial score (nSPS) is 19.5. The van der Waals surface area contributed by atoms with Gasteiger partial charge in [0.2, 0.25) is 5.91 Å². The number of rotatable bonds is 6. The van der Waals surface area contributed by atoms with Gasteiger partial charge in [0.25, 0.3) is 5.91 Å². The van der Waals surface area contributed by atoms with Crippen LogP contribution in [0.2, 0.25) is 0 Å². The zero-order valence-electron chi connectivity index (χ0n) is 14.6. The number of nitrogens with zero attached hydrogens (tertiary/aromatic N) is 1. The summed E-state index contributed by atoms with van der Waals surface area (Å²) in [6.45, 7) is 2.12. The van der Waals surface area contributed by atoms with Crippen molar-refractivity contribution >= 4 is 17.8 Å².